The molecule has 2 fully saturated rings. The molecule has 4 rings (SSSR count). The van der Waals surface area contributed by atoms with E-state index in [4.69, 9.17) is 23.2 Å². The highest BCUT2D eigenvalue weighted by molar-refractivity contribution is 7.88. The minimum Gasteiger partial charge on any atom is -0.368 e. The van der Waals surface area contributed by atoms with Crippen molar-refractivity contribution in [2.75, 3.05) is 44.2 Å². The first-order valence-electron chi connectivity index (χ1n) is 11.6. The largest absolute Gasteiger partial charge is 0.416 e. The topological polar surface area (TPSA) is 60.9 Å². The Bertz CT molecular complexity index is 1220. The number of rotatable bonds is 5. The van der Waals surface area contributed by atoms with Crippen molar-refractivity contribution >= 4 is 44.8 Å². The van der Waals surface area contributed by atoms with Crippen LogP contribution in [0, 0.1) is 5.92 Å². The van der Waals surface area contributed by atoms with E-state index in [1.54, 1.807) is 23.1 Å². The molecule has 2 heterocycles. The molecule has 0 radical (unpaired) electrons. The number of nitrogens with zero attached hydrogens (tertiary/aromatic N) is 3. The van der Waals surface area contributed by atoms with E-state index in [0.717, 1.165) is 12.1 Å². The lowest BCUT2D eigenvalue weighted by Crippen LogP contribution is -2.53. The summed E-state index contributed by atoms with van der Waals surface area (Å²) in [5, 5.41) is 0.620. The molecule has 0 saturated carbocycles. The number of carbonyl (C=O) groups excluding carboxylic acids is 1. The van der Waals surface area contributed by atoms with Crippen molar-refractivity contribution in [3.8, 4) is 0 Å². The predicted octanol–water partition coefficient (Wildman–Crippen LogP) is 4.90. The Morgan fingerprint density at radius 1 is 0.972 bits per heavy atom. The van der Waals surface area contributed by atoms with E-state index in [2.05, 4.69) is 0 Å². The molecular weight excluding hydrogens is 538 g/mol. The van der Waals surface area contributed by atoms with Crippen LogP contribution in [-0.2, 0) is 26.7 Å². The molecule has 2 saturated heterocycles. The molecule has 2 aliphatic heterocycles. The van der Waals surface area contributed by atoms with Gasteiger partial charge in [-0.05, 0) is 48.7 Å². The minimum atomic E-state index is -4.42. The SMILES string of the molecule is O=C([C@H]1CCCN(S(=O)(=O)Cc2ccc(Cl)c(Cl)c2)C1)N1CCN(c2cccc(C(F)(F)F)c2)CC1. The maximum atomic E-state index is 13.2. The lowest BCUT2D eigenvalue weighted by Gasteiger charge is -2.39. The molecule has 0 N–H and O–H groups in total. The molecule has 1 atom stereocenters. The number of piperazine rings is 1. The fourth-order valence-corrected chi connectivity index (χ4v) is 6.57. The molecular formula is C24H26Cl2F3N3O3S. The van der Waals surface area contributed by atoms with Gasteiger partial charge in [0, 0.05) is 45.0 Å². The molecule has 6 nitrogen and oxygen atoms in total. The molecule has 2 aromatic rings. The van der Waals surface area contributed by atoms with Crippen molar-refractivity contribution in [1.29, 1.82) is 0 Å². The number of hydrogen-bond acceptors (Lipinski definition) is 4. The van der Waals surface area contributed by atoms with Crippen molar-refractivity contribution < 1.29 is 26.4 Å². The van der Waals surface area contributed by atoms with Crippen LogP contribution < -0.4 is 4.90 Å². The summed E-state index contributed by atoms with van der Waals surface area (Å²) < 4.78 is 66.6. The third kappa shape index (κ3) is 6.27. The molecule has 0 spiro atoms. The third-order valence-corrected chi connectivity index (χ3v) is 9.15. The normalized spacial score (nSPS) is 20.0. The van der Waals surface area contributed by atoms with Crippen molar-refractivity contribution in [1.82, 2.24) is 9.21 Å². The van der Waals surface area contributed by atoms with Crippen LogP contribution in [0.5, 0.6) is 0 Å². The van der Waals surface area contributed by atoms with Crippen LogP contribution in [0.2, 0.25) is 10.0 Å². The van der Waals surface area contributed by atoms with E-state index >= 15 is 0 Å². The fourth-order valence-electron chi connectivity index (χ4n) is 4.65. The van der Waals surface area contributed by atoms with Gasteiger partial charge in [0.15, 0.2) is 0 Å². The average Bonchev–Trinajstić information content (AvgIpc) is 2.85. The van der Waals surface area contributed by atoms with Crippen LogP contribution in [0.25, 0.3) is 0 Å². The number of hydrogen-bond donors (Lipinski definition) is 0. The van der Waals surface area contributed by atoms with Gasteiger partial charge in [-0.25, -0.2) is 12.7 Å². The van der Waals surface area contributed by atoms with E-state index in [9.17, 15) is 26.4 Å². The average molecular weight is 564 g/mol. The van der Waals surface area contributed by atoms with E-state index in [-0.39, 0.29) is 23.2 Å². The Morgan fingerprint density at radius 3 is 2.36 bits per heavy atom. The minimum absolute atomic E-state index is 0.107. The highest BCUT2D eigenvalue weighted by Crippen LogP contribution is 2.32. The smallest absolute Gasteiger partial charge is 0.368 e. The molecule has 36 heavy (non-hydrogen) atoms. The van der Waals surface area contributed by atoms with Crippen molar-refractivity contribution in [2.24, 2.45) is 5.92 Å². The highest BCUT2D eigenvalue weighted by atomic mass is 35.5. The molecule has 0 unspecified atom stereocenters. The van der Waals surface area contributed by atoms with Gasteiger partial charge in [0.25, 0.3) is 0 Å². The van der Waals surface area contributed by atoms with E-state index < -0.39 is 27.7 Å². The van der Waals surface area contributed by atoms with Crippen molar-refractivity contribution in [2.45, 2.75) is 24.8 Å². The maximum Gasteiger partial charge on any atom is 0.416 e. The molecule has 2 aliphatic rings. The Kier molecular flexibility index (Phi) is 8.09. The van der Waals surface area contributed by atoms with Gasteiger partial charge in [-0.1, -0.05) is 35.3 Å². The van der Waals surface area contributed by atoms with Crippen LogP contribution in [0.15, 0.2) is 42.5 Å². The zero-order valence-electron chi connectivity index (χ0n) is 19.3. The molecule has 12 heteroatoms. The molecule has 2 aromatic carbocycles. The number of carbonyl (C=O) groups is 1. The summed E-state index contributed by atoms with van der Waals surface area (Å²) in [7, 11) is -3.66. The quantitative estimate of drug-likeness (QED) is 0.519. The van der Waals surface area contributed by atoms with Crippen LogP contribution in [0.1, 0.15) is 24.0 Å². The van der Waals surface area contributed by atoms with Gasteiger partial charge < -0.3 is 9.80 Å². The number of anilines is 1. The first-order chi connectivity index (χ1) is 16.9. The summed E-state index contributed by atoms with van der Waals surface area (Å²) in [5.41, 5.74) is 0.278. The second kappa shape index (κ2) is 10.8. The van der Waals surface area contributed by atoms with E-state index in [0.29, 0.717) is 61.8 Å². The first kappa shape index (κ1) is 27.0. The lowest BCUT2D eigenvalue weighted by molar-refractivity contribution is -0.137. The van der Waals surface area contributed by atoms with Gasteiger partial charge in [0.1, 0.15) is 0 Å². The zero-order chi connectivity index (χ0) is 26.1. The summed E-state index contributed by atoms with van der Waals surface area (Å²) in [4.78, 5) is 16.7. The summed E-state index contributed by atoms with van der Waals surface area (Å²) >= 11 is 11.9. The Hall–Kier alpha value is -2.01. The summed E-state index contributed by atoms with van der Waals surface area (Å²) in [6.07, 6.45) is -3.26. The summed E-state index contributed by atoms with van der Waals surface area (Å²) in [6, 6.07) is 9.86. The monoisotopic (exact) mass is 563 g/mol. The van der Waals surface area contributed by atoms with Gasteiger partial charge in [0.05, 0.1) is 27.3 Å². The summed E-state index contributed by atoms with van der Waals surface area (Å²) in [6.45, 7) is 1.98. The second-order valence-corrected chi connectivity index (χ2v) is 11.8. The number of benzene rings is 2. The van der Waals surface area contributed by atoms with Gasteiger partial charge in [0.2, 0.25) is 15.9 Å². The number of halogens is 5. The highest BCUT2D eigenvalue weighted by Gasteiger charge is 2.36. The summed E-state index contributed by atoms with van der Waals surface area (Å²) in [5.74, 6) is -0.809. The number of alkyl halides is 3. The van der Waals surface area contributed by atoms with E-state index in [1.165, 1.54) is 16.4 Å². The van der Waals surface area contributed by atoms with Crippen LogP contribution in [0.4, 0.5) is 18.9 Å². The molecule has 0 aliphatic carbocycles. The van der Waals surface area contributed by atoms with Crippen LogP contribution in [0.3, 0.4) is 0 Å². The Morgan fingerprint density at radius 2 is 1.69 bits per heavy atom. The fraction of sp³-hybridized carbons (Fsp3) is 0.458. The zero-order valence-corrected chi connectivity index (χ0v) is 21.7. The second-order valence-electron chi connectivity index (χ2n) is 9.06. The van der Waals surface area contributed by atoms with E-state index in [1.807, 2.05) is 4.90 Å². The number of amides is 1. The third-order valence-electron chi connectivity index (χ3n) is 6.59. The number of piperidine rings is 1. The maximum absolute atomic E-state index is 13.2. The molecule has 196 valence electrons. The Labute approximate surface area is 218 Å². The molecule has 0 bridgehead atoms. The standard InChI is InChI=1S/C24H26Cl2F3N3O3S/c25-21-7-6-17(13-22(21)26)16-36(34,35)32-8-2-3-18(15-32)23(33)31-11-9-30(10-12-31)20-5-1-4-19(14-20)24(27,28)29/h1,4-7,13-14,18H,2-3,8-12,15-16H2/t18-/m0/s1. The molecule has 0 aromatic heterocycles. The van der Waals surface area contributed by atoms with Crippen molar-refractivity contribution in [3.63, 3.8) is 0 Å². The van der Waals surface area contributed by atoms with Crippen molar-refractivity contribution in [3.05, 3.63) is 63.6 Å². The van der Waals surface area contributed by atoms with Gasteiger partial charge >= 0.3 is 6.18 Å². The Balaban J connectivity index is 1.36. The van der Waals surface area contributed by atoms with Crippen LogP contribution in [-0.4, -0.2) is 62.8 Å². The van der Waals surface area contributed by atoms with Crippen LogP contribution >= 0.6 is 23.2 Å². The lowest BCUT2D eigenvalue weighted by atomic mass is 9.97. The van der Waals surface area contributed by atoms with Gasteiger partial charge in [-0.2, -0.15) is 13.2 Å². The molecule has 1 amide bonds. The van der Waals surface area contributed by atoms with Gasteiger partial charge in [-0.15, -0.1) is 0 Å². The number of sulfonamides is 1. The first-order valence-corrected chi connectivity index (χ1v) is 13.9. The predicted molar refractivity (Wildman–Crippen MR) is 134 cm³/mol. The van der Waals surface area contributed by atoms with Gasteiger partial charge in [-0.3, -0.25) is 4.79 Å².